The monoisotopic (exact) mass is 387 g/mol. The van der Waals surface area contributed by atoms with Crippen LogP contribution in [0, 0.1) is 5.92 Å². The third-order valence-electron chi connectivity index (χ3n) is 5.99. The minimum Gasteiger partial charge on any atom is -0.300 e. The number of fused-ring (bicyclic) bond motifs is 1. The molecular formula is C21H30ClN5. The number of aryl methyl sites for hydroxylation is 1. The average Bonchev–Trinajstić information content (AvgIpc) is 3.09. The number of hydrazine groups is 1. The second-order valence-corrected chi connectivity index (χ2v) is 8.62. The van der Waals surface area contributed by atoms with E-state index in [2.05, 4.69) is 40.2 Å². The number of likely N-dealkylation sites (N-methyl/N-ethyl adjacent to an activating group) is 1. The minimum absolute atomic E-state index is 0.518. The highest BCUT2D eigenvalue weighted by molar-refractivity contribution is 6.30. The van der Waals surface area contributed by atoms with E-state index in [0.29, 0.717) is 12.1 Å². The van der Waals surface area contributed by atoms with Crippen molar-refractivity contribution in [3.63, 3.8) is 0 Å². The van der Waals surface area contributed by atoms with Gasteiger partial charge in [0.25, 0.3) is 0 Å². The number of benzene rings is 1. The van der Waals surface area contributed by atoms with E-state index in [1.54, 1.807) is 0 Å². The van der Waals surface area contributed by atoms with Gasteiger partial charge in [0.1, 0.15) is 0 Å². The van der Waals surface area contributed by atoms with Crippen molar-refractivity contribution in [2.24, 2.45) is 13.0 Å². The van der Waals surface area contributed by atoms with Crippen LogP contribution in [0.5, 0.6) is 0 Å². The second kappa shape index (κ2) is 8.31. The third-order valence-corrected chi connectivity index (χ3v) is 6.23. The molecule has 0 bridgehead atoms. The Morgan fingerprint density at radius 2 is 2.07 bits per heavy atom. The van der Waals surface area contributed by atoms with Crippen molar-refractivity contribution in [2.45, 2.75) is 50.7 Å². The van der Waals surface area contributed by atoms with E-state index in [0.717, 1.165) is 35.3 Å². The Morgan fingerprint density at radius 3 is 2.93 bits per heavy atom. The van der Waals surface area contributed by atoms with Crippen molar-refractivity contribution in [2.75, 3.05) is 13.6 Å². The summed E-state index contributed by atoms with van der Waals surface area (Å²) in [6.07, 6.45) is 8.88. The molecular weight excluding hydrogens is 358 g/mol. The first-order valence-electron chi connectivity index (χ1n) is 10.1. The number of nitrogens with zero attached hydrogens (tertiary/aromatic N) is 3. The smallest absolute Gasteiger partial charge is 0.0968 e. The van der Waals surface area contributed by atoms with Gasteiger partial charge in [0, 0.05) is 54.6 Å². The van der Waals surface area contributed by atoms with Gasteiger partial charge in [-0.25, -0.2) is 0 Å². The Bertz CT molecular complexity index is 774. The molecule has 2 aliphatic rings. The van der Waals surface area contributed by atoms with Gasteiger partial charge >= 0.3 is 0 Å². The van der Waals surface area contributed by atoms with Gasteiger partial charge in [0.05, 0.1) is 5.69 Å². The van der Waals surface area contributed by atoms with Crippen molar-refractivity contribution in [1.29, 1.82) is 0 Å². The van der Waals surface area contributed by atoms with Crippen LogP contribution in [0.2, 0.25) is 5.02 Å². The van der Waals surface area contributed by atoms with E-state index in [-0.39, 0.29) is 0 Å². The van der Waals surface area contributed by atoms with Gasteiger partial charge < -0.3 is 4.90 Å². The largest absolute Gasteiger partial charge is 0.300 e. The molecule has 0 spiro atoms. The number of nitrogens with one attached hydrogen (secondary N) is 2. The molecule has 0 amide bonds. The molecule has 1 aromatic heterocycles. The number of rotatable bonds is 5. The Kier molecular flexibility index (Phi) is 5.83. The fraction of sp³-hybridized carbons (Fsp3) is 0.571. The molecule has 1 aliphatic carbocycles. The van der Waals surface area contributed by atoms with Gasteiger partial charge in [-0.1, -0.05) is 43.0 Å². The number of hydrogen-bond donors (Lipinski definition) is 2. The first kappa shape index (κ1) is 18.9. The van der Waals surface area contributed by atoms with E-state index in [1.807, 2.05) is 29.9 Å². The Labute approximate surface area is 167 Å². The molecule has 1 saturated carbocycles. The van der Waals surface area contributed by atoms with E-state index in [9.17, 15) is 0 Å². The molecule has 2 fully saturated rings. The zero-order chi connectivity index (χ0) is 18.8. The molecule has 3 atom stereocenters. The number of hydrogen-bond acceptors (Lipinski definition) is 4. The topological polar surface area (TPSA) is 45.1 Å². The van der Waals surface area contributed by atoms with Gasteiger partial charge in [0.2, 0.25) is 0 Å². The van der Waals surface area contributed by atoms with Crippen LogP contribution in [0.1, 0.15) is 37.7 Å². The Hall–Kier alpha value is -1.40. The molecule has 2 heterocycles. The van der Waals surface area contributed by atoms with Crippen LogP contribution in [0.25, 0.3) is 11.3 Å². The third kappa shape index (κ3) is 4.37. The first-order chi connectivity index (χ1) is 13.1. The lowest BCUT2D eigenvalue weighted by Crippen LogP contribution is -2.41. The van der Waals surface area contributed by atoms with Crippen molar-refractivity contribution < 1.29 is 0 Å². The SMILES string of the molecule is CN(Cc1cn(C)nc1-c1cccc(Cl)c1)CC1NNC2CCCCCC21. The summed E-state index contributed by atoms with van der Waals surface area (Å²) in [4.78, 5) is 2.41. The molecule has 3 unspecified atom stereocenters. The molecule has 6 heteroatoms. The van der Waals surface area contributed by atoms with Crippen molar-refractivity contribution >= 4 is 11.6 Å². The van der Waals surface area contributed by atoms with E-state index >= 15 is 0 Å². The summed E-state index contributed by atoms with van der Waals surface area (Å²) in [5, 5.41) is 5.44. The quantitative estimate of drug-likeness (QED) is 0.822. The lowest BCUT2D eigenvalue weighted by molar-refractivity contribution is 0.255. The van der Waals surface area contributed by atoms with Crippen LogP contribution in [0.3, 0.4) is 0 Å². The zero-order valence-corrected chi connectivity index (χ0v) is 17.0. The molecule has 2 aromatic rings. The summed E-state index contributed by atoms with van der Waals surface area (Å²) in [7, 11) is 4.19. The predicted octanol–water partition coefficient (Wildman–Crippen LogP) is 3.60. The standard InChI is InChI=1S/C21H30ClN5/c1-26(14-20-18-9-4-3-5-10-19(18)23-24-20)12-16-13-27(2)25-21(16)15-7-6-8-17(22)11-15/h6-8,11,13,18-20,23-24H,3-5,9-10,12,14H2,1-2H3. The average molecular weight is 388 g/mol. The molecule has 146 valence electrons. The van der Waals surface area contributed by atoms with Crippen LogP contribution >= 0.6 is 11.6 Å². The predicted molar refractivity (Wildman–Crippen MR) is 110 cm³/mol. The summed E-state index contributed by atoms with van der Waals surface area (Å²) in [5.74, 6) is 0.747. The molecule has 5 nitrogen and oxygen atoms in total. The molecule has 27 heavy (non-hydrogen) atoms. The van der Waals surface area contributed by atoms with Crippen molar-refractivity contribution in [3.8, 4) is 11.3 Å². The summed E-state index contributed by atoms with van der Waals surface area (Å²) in [5.41, 5.74) is 10.5. The van der Waals surface area contributed by atoms with Gasteiger partial charge in [-0.15, -0.1) is 0 Å². The fourth-order valence-corrected chi connectivity index (χ4v) is 4.91. The zero-order valence-electron chi connectivity index (χ0n) is 16.3. The molecule has 4 rings (SSSR count). The van der Waals surface area contributed by atoms with E-state index < -0.39 is 0 Å². The maximum absolute atomic E-state index is 6.19. The molecule has 1 aromatic carbocycles. The van der Waals surface area contributed by atoms with Crippen LogP contribution in [-0.4, -0.2) is 40.4 Å². The molecule has 1 saturated heterocycles. The lowest BCUT2D eigenvalue weighted by atomic mass is 9.90. The summed E-state index contributed by atoms with van der Waals surface area (Å²) < 4.78 is 1.90. The Balaban J connectivity index is 1.45. The van der Waals surface area contributed by atoms with Crippen LogP contribution in [-0.2, 0) is 13.6 Å². The van der Waals surface area contributed by atoms with Gasteiger partial charge in [0.15, 0.2) is 0 Å². The maximum atomic E-state index is 6.19. The highest BCUT2D eigenvalue weighted by atomic mass is 35.5. The molecule has 1 aliphatic heterocycles. The maximum Gasteiger partial charge on any atom is 0.0968 e. The van der Waals surface area contributed by atoms with E-state index in [1.165, 1.54) is 37.7 Å². The van der Waals surface area contributed by atoms with Crippen LogP contribution < -0.4 is 10.9 Å². The summed E-state index contributed by atoms with van der Waals surface area (Å²) >= 11 is 6.19. The molecule has 2 N–H and O–H groups in total. The highest BCUT2D eigenvalue weighted by Gasteiger charge is 2.36. The minimum atomic E-state index is 0.518. The first-order valence-corrected chi connectivity index (χ1v) is 10.5. The van der Waals surface area contributed by atoms with Crippen molar-refractivity contribution in [1.82, 2.24) is 25.5 Å². The fourth-order valence-electron chi connectivity index (χ4n) is 4.72. The van der Waals surface area contributed by atoms with Crippen molar-refractivity contribution in [3.05, 3.63) is 41.0 Å². The second-order valence-electron chi connectivity index (χ2n) is 8.19. The van der Waals surface area contributed by atoms with Crippen LogP contribution in [0.4, 0.5) is 0 Å². The van der Waals surface area contributed by atoms with E-state index in [4.69, 9.17) is 11.6 Å². The number of aromatic nitrogens is 2. The van der Waals surface area contributed by atoms with Gasteiger partial charge in [-0.2, -0.15) is 5.10 Å². The Morgan fingerprint density at radius 1 is 1.22 bits per heavy atom. The lowest BCUT2D eigenvalue weighted by Gasteiger charge is -2.26. The van der Waals surface area contributed by atoms with Gasteiger partial charge in [-0.3, -0.25) is 15.5 Å². The number of halogens is 1. The highest BCUT2D eigenvalue weighted by Crippen LogP contribution is 2.30. The van der Waals surface area contributed by atoms with Crippen LogP contribution in [0.15, 0.2) is 30.5 Å². The summed E-state index contributed by atoms with van der Waals surface area (Å²) in [6, 6.07) is 9.13. The normalized spacial score (nSPS) is 25.6. The molecule has 0 radical (unpaired) electrons. The summed E-state index contributed by atoms with van der Waals surface area (Å²) in [6.45, 7) is 1.92. The van der Waals surface area contributed by atoms with Gasteiger partial charge in [-0.05, 0) is 37.9 Å².